The molecular formula is C20H21FN4O4S. The third-order valence-electron chi connectivity index (χ3n) is 3.67. The number of ether oxygens (including phenoxy) is 1. The Labute approximate surface area is 176 Å². The van der Waals surface area contributed by atoms with Crippen LogP contribution in [0.4, 0.5) is 20.6 Å². The van der Waals surface area contributed by atoms with Gasteiger partial charge in [-0.25, -0.2) is 9.18 Å². The Kier molecular flexibility index (Phi) is 6.46. The number of carbonyl (C=O) groups is 2. The molecule has 0 spiro atoms. The highest BCUT2D eigenvalue weighted by Crippen LogP contribution is 2.25. The first-order chi connectivity index (χ1) is 14.2. The van der Waals surface area contributed by atoms with Gasteiger partial charge in [-0.1, -0.05) is 11.2 Å². The van der Waals surface area contributed by atoms with Crippen molar-refractivity contribution in [3.05, 3.63) is 47.4 Å². The fraction of sp³-hybridized carbons (Fsp3) is 0.300. The number of nitrogens with one attached hydrogen (secondary N) is 2. The molecule has 158 valence electrons. The highest BCUT2D eigenvalue weighted by molar-refractivity contribution is 7.13. The van der Waals surface area contributed by atoms with E-state index in [9.17, 15) is 14.0 Å². The normalized spacial score (nSPS) is 11.2. The minimum Gasteiger partial charge on any atom is -0.444 e. The summed E-state index contributed by atoms with van der Waals surface area (Å²) >= 11 is 1.48. The summed E-state index contributed by atoms with van der Waals surface area (Å²) in [7, 11) is 0. The molecule has 10 heteroatoms. The summed E-state index contributed by atoms with van der Waals surface area (Å²) in [4.78, 5) is 29.5. The van der Waals surface area contributed by atoms with Crippen molar-refractivity contribution in [3.8, 4) is 10.7 Å². The molecule has 2 heterocycles. The van der Waals surface area contributed by atoms with E-state index in [0.717, 1.165) is 10.9 Å². The highest BCUT2D eigenvalue weighted by Gasteiger charge is 2.18. The second-order valence-electron chi connectivity index (χ2n) is 7.35. The molecule has 0 bridgehead atoms. The fourth-order valence-electron chi connectivity index (χ4n) is 2.44. The zero-order chi connectivity index (χ0) is 21.7. The molecule has 8 nitrogen and oxygen atoms in total. The third-order valence-corrected chi connectivity index (χ3v) is 4.53. The summed E-state index contributed by atoms with van der Waals surface area (Å²) in [6.45, 7) is 5.17. The van der Waals surface area contributed by atoms with Crippen LogP contribution in [0.3, 0.4) is 0 Å². The van der Waals surface area contributed by atoms with Crippen LogP contribution >= 0.6 is 11.3 Å². The number of halogens is 1. The minimum atomic E-state index is -0.712. The van der Waals surface area contributed by atoms with Gasteiger partial charge in [0.15, 0.2) is 0 Å². The molecule has 1 aromatic carbocycles. The number of carbonyl (C=O) groups excluding carboxylic acids is 2. The smallest absolute Gasteiger partial charge is 0.412 e. The van der Waals surface area contributed by atoms with Crippen molar-refractivity contribution in [2.75, 3.05) is 10.6 Å². The Morgan fingerprint density at radius 2 is 2.00 bits per heavy atom. The molecule has 0 fully saturated rings. The Morgan fingerprint density at radius 1 is 1.20 bits per heavy atom. The molecule has 0 aliphatic carbocycles. The molecule has 2 aromatic heterocycles. The van der Waals surface area contributed by atoms with Gasteiger partial charge in [0.2, 0.25) is 17.6 Å². The lowest BCUT2D eigenvalue weighted by Crippen LogP contribution is -2.27. The van der Waals surface area contributed by atoms with Crippen LogP contribution < -0.4 is 10.6 Å². The van der Waals surface area contributed by atoms with Gasteiger partial charge in [-0.05, 0) is 50.4 Å². The second kappa shape index (κ2) is 9.04. The molecule has 2 amide bonds. The molecule has 0 saturated heterocycles. The van der Waals surface area contributed by atoms with E-state index in [1.54, 1.807) is 20.8 Å². The number of hydrogen-bond donors (Lipinski definition) is 2. The number of aromatic nitrogens is 2. The topological polar surface area (TPSA) is 106 Å². The van der Waals surface area contributed by atoms with Gasteiger partial charge in [0.25, 0.3) is 0 Å². The number of aryl methyl sites for hydroxylation is 1. The molecule has 3 rings (SSSR count). The Balaban J connectivity index is 1.60. The van der Waals surface area contributed by atoms with E-state index in [-0.39, 0.29) is 24.2 Å². The molecule has 0 radical (unpaired) electrons. The monoisotopic (exact) mass is 432 g/mol. The lowest BCUT2D eigenvalue weighted by Gasteiger charge is -2.20. The van der Waals surface area contributed by atoms with Crippen molar-refractivity contribution in [2.24, 2.45) is 0 Å². The maximum Gasteiger partial charge on any atom is 0.412 e. The van der Waals surface area contributed by atoms with Gasteiger partial charge < -0.3 is 14.6 Å². The fourth-order valence-corrected chi connectivity index (χ4v) is 3.09. The van der Waals surface area contributed by atoms with Gasteiger partial charge >= 0.3 is 6.09 Å². The zero-order valence-corrected chi connectivity index (χ0v) is 17.5. The van der Waals surface area contributed by atoms with E-state index < -0.39 is 23.4 Å². The number of anilines is 2. The summed E-state index contributed by atoms with van der Waals surface area (Å²) in [5.41, 5.74) is -0.355. The third kappa shape index (κ3) is 6.11. The van der Waals surface area contributed by atoms with Gasteiger partial charge in [-0.15, -0.1) is 11.3 Å². The predicted molar refractivity (Wildman–Crippen MR) is 111 cm³/mol. The van der Waals surface area contributed by atoms with E-state index in [4.69, 9.17) is 9.26 Å². The van der Waals surface area contributed by atoms with Gasteiger partial charge in [0, 0.05) is 12.8 Å². The van der Waals surface area contributed by atoms with Gasteiger partial charge in [-0.2, -0.15) is 4.98 Å². The van der Waals surface area contributed by atoms with Crippen molar-refractivity contribution in [3.63, 3.8) is 0 Å². The van der Waals surface area contributed by atoms with Gasteiger partial charge in [0.1, 0.15) is 11.4 Å². The summed E-state index contributed by atoms with van der Waals surface area (Å²) in [6, 6.07) is 7.39. The van der Waals surface area contributed by atoms with E-state index in [1.807, 2.05) is 17.5 Å². The molecule has 3 aromatic rings. The first-order valence-electron chi connectivity index (χ1n) is 9.15. The van der Waals surface area contributed by atoms with Crippen LogP contribution in [-0.4, -0.2) is 27.7 Å². The summed E-state index contributed by atoms with van der Waals surface area (Å²) in [5.74, 6) is -0.171. The summed E-state index contributed by atoms with van der Waals surface area (Å²) in [5, 5.41) is 10.9. The van der Waals surface area contributed by atoms with Crippen LogP contribution in [0.5, 0.6) is 0 Å². The average Bonchev–Trinajstić information content (AvgIpc) is 3.32. The number of nitrogens with zero attached hydrogens (tertiary/aromatic N) is 2. The van der Waals surface area contributed by atoms with Crippen molar-refractivity contribution in [2.45, 2.75) is 39.2 Å². The largest absolute Gasteiger partial charge is 0.444 e. The van der Waals surface area contributed by atoms with Gasteiger partial charge in [0.05, 0.1) is 16.3 Å². The molecule has 0 saturated carbocycles. The molecule has 0 atom stereocenters. The van der Waals surface area contributed by atoms with Crippen molar-refractivity contribution in [1.82, 2.24) is 10.1 Å². The maximum atomic E-state index is 13.7. The highest BCUT2D eigenvalue weighted by atomic mass is 32.1. The van der Waals surface area contributed by atoms with Crippen LogP contribution in [0.25, 0.3) is 10.7 Å². The quantitative estimate of drug-likeness (QED) is 0.576. The van der Waals surface area contributed by atoms with E-state index in [1.165, 1.54) is 23.5 Å². The van der Waals surface area contributed by atoms with Crippen LogP contribution in [0.2, 0.25) is 0 Å². The first-order valence-corrected chi connectivity index (χ1v) is 10.0. The zero-order valence-electron chi connectivity index (χ0n) is 16.7. The van der Waals surface area contributed by atoms with Crippen LogP contribution in [0.1, 0.15) is 33.1 Å². The Morgan fingerprint density at radius 3 is 2.70 bits per heavy atom. The number of rotatable bonds is 6. The van der Waals surface area contributed by atoms with Crippen LogP contribution in [0, 0.1) is 5.82 Å². The molecule has 0 aliphatic heterocycles. The van der Waals surface area contributed by atoms with E-state index in [0.29, 0.717) is 11.7 Å². The first kappa shape index (κ1) is 21.4. The molecule has 2 N–H and O–H groups in total. The predicted octanol–water partition coefficient (Wildman–Crippen LogP) is 4.86. The maximum absolute atomic E-state index is 13.7. The average molecular weight is 432 g/mol. The molecular weight excluding hydrogens is 411 g/mol. The molecule has 30 heavy (non-hydrogen) atoms. The number of amides is 2. The Bertz CT molecular complexity index is 1030. The van der Waals surface area contributed by atoms with Crippen LogP contribution in [0.15, 0.2) is 40.2 Å². The Hall–Kier alpha value is -3.27. The second-order valence-corrected chi connectivity index (χ2v) is 8.30. The van der Waals surface area contributed by atoms with E-state index >= 15 is 0 Å². The summed E-state index contributed by atoms with van der Waals surface area (Å²) < 4.78 is 24.0. The lowest BCUT2D eigenvalue weighted by atomic mass is 10.2. The SMILES string of the molecule is CC(C)(C)OC(=O)Nc1ccc(F)cc1NC(=O)CCc1nc(-c2cccs2)no1. The molecule has 0 unspecified atom stereocenters. The number of hydrogen-bond acceptors (Lipinski definition) is 7. The van der Waals surface area contributed by atoms with Crippen molar-refractivity contribution < 1.29 is 23.2 Å². The minimum absolute atomic E-state index is 0.0362. The van der Waals surface area contributed by atoms with Crippen LogP contribution in [-0.2, 0) is 16.0 Å². The van der Waals surface area contributed by atoms with Crippen molar-refractivity contribution >= 4 is 34.7 Å². The van der Waals surface area contributed by atoms with E-state index in [2.05, 4.69) is 20.8 Å². The number of benzene rings is 1. The number of thiophene rings is 1. The molecule has 0 aliphatic rings. The lowest BCUT2D eigenvalue weighted by molar-refractivity contribution is -0.116. The van der Waals surface area contributed by atoms with Gasteiger partial charge in [-0.3, -0.25) is 10.1 Å². The summed E-state index contributed by atoms with van der Waals surface area (Å²) in [6.07, 6.45) is -0.459. The van der Waals surface area contributed by atoms with Crippen molar-refractivity contribution in [1.29, 1.82) is 0 Å². The standard InChI is InChI=1S/C20H21FN4O4S/c1-20(2,3)28-19(27)23-13-7-6-12(21)11-14(13)22-16(26)8-9-17-24-18(25-29-17)15-5-4-10-30-15/h4-7,10-11H,8-9H2,1-3H3,(H,22,26)(H,23,27).